The molecule has 0 aliphatic carbocycles. The Morgan fingerprint density at radius 3 is 2.56 bits per heavy atom. The van der Waals surface area contributed by atoms with Crippen molar-refractivity contribution < 1.29 is 14.7 Å². The van der Waals surface area contributed by atoms with Crippen LogP contribution in [-0.2, 0) is 22.6 Å². The Morgan fingerprint density at radius 1 is 1.24 bits per heavy atom. The van der Waals surface area contributed by atoms with Gasteiger partial charge in [0, 0.05) is 32.5 Å². The van der Waals surface area contributed by atoms with E-state index in [1.54, 1.807) is 4.90 Å². The van der Waals surface area contributed by atoms with E-state index < -0.39 is 6.04 Å². The minimum absolute atomic E-state index is 0.0352. The first-order valence-electron chi connectivity index (χ1n) is 9.17. The minimum Gasteiger partial charge on any atom is -0.396 e. The third-order valence-electron chi connectivity index (χ3n) is 4.70. The Hall–Kier alpha value is -1.88. The average Bonchev–Trinajstić information content (AvgIpc) is 2.58. The van der Waals surface area contributed by atoms with Gasteiger partial charge in [-0.2, -0.15) is 0 Å². The van der Waals surface area contributed by atoms with Gasteiger partial charge < -0.3 is 15.3 Å². The van der Waals surface area contributed by atoms with E-state index in [0.717, 1.165) is 11.1 Å². The Labute approximate surface area is 150 Å². The fourth-order valence-corrected chi connectivity index (χ4v) is 3.20. The molecule has 2 N–H and O–H groups in total. The number of hydrogen-bond donors (Lipinski definition) is 2. The molecule has 25 heavy (non-hydrogen) atoms. The molecule has 1 aliphatic rings. The summed E-state index contributed by atoms with van der Waals surface area (Å²) < 4.78 is 0. The Balaban J connectivity index is 2.13. The number of hydrogen-bond acceptors (Lipinski definition) is 3. The summed E-state index contributed by atoms with van der Waals surface area (Å²) in [6.45, 7) is 7.15. The number of carbonyl (C=O) groups is 2. The van der Waals surface area contributed by atoms with Gasteiger partial charge in [0.1, 0.15) is 6.04 Å². The highest BCUT2D eigenvalue weighted by Crippen LogP contribution is 2.25. The normalized spacial score (nSPS) is 18.0. The molecule has 5 heteroatoms. The third kappa shape index (κ3) is 5.30. The standard InChI is InChI=1S/C20H30N2O3/c1-14(2)10-19(24)22-13-17-7-5-4-6-16(17)11-18(22)20(25)21-12-15(3)8-9-23/h4-7,14-15,18,23H,8-13H2,1-3H3,(H,21,25). The van der Waals surface area contributed by atoms with Crippen LogP contribution < -0.4 is 5.32 Å². The van der Waals surface area contributed by atoms with Gasteiger partial charge in [0.25, 0.3) is 0 Å². The Morgan fingerprint density at radius 2 is 1.92 bits per heavy atom. The first-order chi connectivity index (χ1) is 11.9. The van der Waals surface area contributed by atoms with Gasteiger partial charge >= 0.3 is 0 Å². The summed E-state index contributed by atoms with van der Waals surface area (Å²) in [5.41, 5.74) is 2.26. The number of nitrogens with zero attached hydrogens (tertiary/aromatic N) is 1. The van der Waals surface area contributed by atoms with Gasteiger partial charge in [-0.3, -0.25) is 9.59 Å². The van der Waals surface area contributed by atoms with Gasteiger partial charge in [-0.15, -0.1) is 0 Å². The number of aliphatic hydroxyl groups excluding tert-OH is 1. The highest BCUT2D eigenvalue weighted by molar-refractivity contribution is 5.88. The second-order valence-electron chi connectivity index (χ2n) is 7.47. The molecule has 2 rings (SSSR count). The fourth-order valence-electron chi connectivity index (χ4n) is 3.20. The fraction of sp³-hybridized carbons (Fsp3) is 0.600. The lowest BCUT2D eigenvalue weighted by atomic mass is 9.92. The van der Waals surface area contributed by atoms with Crippen LogP contribution in [0.3, 0.4) is 0 Å². The van der Waals surface area contributed by atoms with Crippen LogP contribution in [0, 0.1) is 11.8 Å². The van der Waals surface area contributed by atoms with Crippen molar-refractivity contribution in [3.05, 3.63) is 35.4 Å². The maximum absolute atomic E-state index is 12.7. The van der Waals surface area contributed by atoms with Gasteiger partial charge in [0.2, 0.25) is 11.8 Å². The van der Waals surface area contributed by atoms with E-state index in [0.29, 0.717) is 32.4 Å². The van der Waals surface area contributed by atoms with Gasteiger partial charge in [0.05, 0.1) is 0 Å². The molecule has 0 saturated carbocycles. The summed E-state index contributed by atoms with van der Waals surface area (Å²) >= 11 is 0. The molecular formula is C20H30N2O3. The second kappa shape index (κ2) is 8.99. The zero-order chi connectivity index (χ0) is 18.4. The lowest BCUT2D eigenvalue weighted by Gasteiger charge is -2.36. The first kappa shape index (κ1) is 19.4. The van der Waals surface area contributed by atoms with E-state index in [1.165, 1.54) is 0 Å². The van der Waals surface area contributed by atoms with Gasteiger partial charge in [-0.05, 0) is 29.4 Å². The summed E-state index contributed by atoms with van der Waals surface area (Å²) in [4.78, 5) is 27.2. The summed E-state index contributed by atoms with van der Waals surface area (Å²) in [6, 6.07) is 7.56. The van der Waals surface area contributed by atoms with E-state index in [2.05, 4.69) is 5.32 Å². The van der Waals surface area contributed by atoms with Crippen LogP contribution in [0.2, 0.25) is 0 Å². The number of rotatable bonds is 7. The molecular weight excluding hydrogens is 316 g/mol. The first-order valence-corrected chi connectivity index (χ1v) is 9.17. The molecule has 0 radical (unpaired) electrons. The van der Waals surface area contributed by atoms with E-state index in [4.69, 9.17) is 5.11 Å². The van der Waals surface area contributed by atoms with Crippen molar-refractivity contribution in [3.8, 4) is 0 Å². The van der Waals surface area contributed by atoms with Gasteiger partial charge in [-0.1, -0.05) is 45.0 Å². The van der Waals surface area contributed by atoms with Gasteiger partial charge in [0.15, 0.2) is 0 Å². The molecule has 1 heterocycles. The zero-order valence-corrected chi connectivity index (χ0v) is 15.5. The number of carbonyl (C=O) groups excluding carboxylic acids is 2. The highest BCUT2D eigenvalue weighted by atomic mass is 16.3. The van der Waals surface area contributed by atoms with Crippen LogP contribution in [0.15, 0.2) is 24.3 Å². The van der Waals surface area contributed by atoms with Crippen molar-refractivity contribution in [1.29, 1.82) is 0 Å². The topological polar surface area (TPSA) is 69.6 Å². The predicted molar refractivity (Wildman–Crippen MR) is 97.8 cm³/mol. The minimum atomic E-state index is -0.456. The number of nitrogens with one attached hydrogen (secondary N) is 1. The number of benzene rings is 1. The second-order valence-corrected chi connectivity index (χ2v) is 7.47. The van der Waals surface area contributed by atoms with E-state index in [-0.39, 0.29) is 30.3 Å². The SMILES string of the molecule is CC(C)CC(=O)N1Cc2ccccc2CC1C(=O)NCC(C)CCO. The molecule has 5 nitrogen and oxygen atoms in total. The lowest BCUT2D eigenvalue weighted by Crippen LogP contribution is -2.53. The lowest BCUT2D eigenvalue weighted by molar-refractivity contribution is -0.142. The van der Waals surface area contributed by atoms with Crippen molar-refractivity contribution in [3.63, 3.8) is 0 Å². The van der Waals surface area contributed by atoms with Crippen molar-refractivity contribution >= 4 is 11.8 Å². The molecule has 0 aromatic heterocycles. The zero-order valence-electron chi connectivity index (χ0n) is 15.5. The molecule has 0 bridgehead atoms. The number of fused-ring (bicyclic) bond motifs is 1. The van der Waals surface area contributed by atoms with Crippen LogP contribution in [0.1, 0.15) is 44.7 Å². The van der Waals surface area contributed by atoms with Crippen LogP contribution in [0.4, 0.5) is 0 Å². The third-order valence-corrected chi connectivity index (χ3v) is 4.70. The molecule has 138 valence electrons. The maximum atomic E-state index is 12.7. The molecule has 2 amide bonds. The largest absolute Gasteiger partial charge is 0.396 e. The molecule has 0 spiro atoms. The smallest absolute Gasteiger partial charge is 0.243 e. The monoisotopic (exact) mass is 346 g/mol. The number of aliphatic hydroxyl groups is 1. The van der Waals surface area contributed by atoms with E-state index in [1.807, 2.05) is 45.0 Å². The summed E-state index contributed by atoms with van der Waals surface area (Å²) in [5.74, 6) is 0.409. The predicted octanol–water partition coefficient (Wildman–Crippen LogP) is 2.12. The molecule has 1 aliphatic heterocycles. The number of amides is 2. The van der Waals surface area contributed by atoms with E-state index in [9.17, 15) is 9.59 Å². The maximum Gasteiger partial charge on any atom is 0.243 e. The molecule has 2 unspecified atom stereocenters. The molecule has 2 atom stereocenters. The Bertz CT molecular complexity index is 600. The molecule has 1 aromatic rings. The summed E-state index contributed by atoms with van der Waals surface area (Å²) in [7, 11) is 0. The van der Waals surface area contributed by atoms with Crippen LogP contribution in [0.25, 0.3) is 0 Å². The van der Waals surface area contributed by atoms with Crippen LogP contribution >= 0.6 is 0 Å². The van der Waals surface area contributed by atoms with Crippen molar-refractivity contribution in [2.45, 2.75) is 52.6 Å². The van der Waals surface area contributed by atoms with Crippen molar-refractivity contribution in [2.24, 2.45) is 11.8 Å². The molecule has 1 aromatic carbocycles. The van der Waals surface area contributed by atoms with Crippen LogP contribution in [0.5, 0.6) is 0 Å². The summed E-state index contributed by atoms with van der Waals surface area (Å²) in [5, 5.41) is 12.0. The van der Waals surface area contributed by atoms with Gasteiger partial charge in [-0.25, -0.2) is 0 Å². The van der Waals surface area contributed by atoms with Crippen molar-refractivity contribution in [1.82, 2.24) is 10.2 Å². The highest BCUT2D eigenvalue weighted by Gasteiger charge is 2.34. The average molecular weight is 346 g/mol. The Kier molecular flexibility index (Phi) is 7.00. The summed E-state index contributed by atoms with van der Waals surface area (Å²) in [6.07, 6.45) is 1.66. The van der Waals surface area contributed by atoms with Crippen LogP contribution in [-0.4, -0.2) is 41.0 Å². The molecule has 0 fully saturated rings. The quantitative estimate of drug-likeness (QED) is 0.794. The molecule has 0 saturated heterocycles. The van der Waals surface area contributed by atoms with E-state index >= 15 is 0 Å². The van der Waals surface area contributed by atoms with Crippen molar-refractivity contribution in [2.75, 3.05) is 13.2 Å².